The topological polar surface area (TPSA) is 47.3 Å². The quantitative estimate of drug-likeness (QED) is 0.852. The molecule has 0 bridgehead atoms. The van der Waals surface area contributed by atoms with Crippen molar-refractivity contribution in [1.82, 2.24) is 9.55 Å². The second-order valence-corrected chi connectivity index (χ2v) is 3.86. The lowest BCUT2D eigenvalue weighted by molar-refractivity contribution is 0.277. The molecule has 0 aliphatic rings. The first-order valence-electron chi connectivity index (χ1n) is 5.56. The number of aliphatic hydroxyl groups excluding tert-OH is 1. The molecule has 0 saturated carbocycles. The third-order valence-electron chi connectivity index (χ3n) is 2.67. The summed E-state index contributed by atoms with van der Waals surface area (Å²) in [5, 5.41) is 8.90. The van der Waals surface area contributed by atoms with E-state index in [1.807, 2.05) is 22.9 Å². The standard InChI is InChI=1S/C13H16N2O2/c1-17-13-4-2-11(3-5-13)6-7-15-8-12(9-16)14-10-15/h2-5,8,10,16H,6-7,9H2,1H3. The predicted octanol–water partition coefficient (Wildman–Crippen LogP) is 1.63. The summed E-state index contributed by atoms with van der Waals surface area (Å²) in [5.41, 5.74) is 1.96. The fraction of sp³-hybridized carbons (Fsp3) is 0.308. The molecule has 4 nitrogen and oxygen atoms in total. The number of aliphatic hydroxyl groups is 1. The average molecular weight is 232 g/mol. The third-order valence-corrected chi connectivity index (χ3v) is 2.67. The number of ether oxygens (including phenoxy) is 1. The van der Waals surface area contributed by atoms with Crippen LogP contribution in [0.3, 0.4) is 0 Å². The Morgan fingerprint density at radius 3 is 2.65 bits per heavy atom. The van der Waals surface area contributed by atoms with Crippen LogP contribution in [-0.4, -0.2) is 21.8 Å². The summed E-state index contributed by atoms with van der Waals surface area (Å²) >= 11 is 0. The highest BCUT2D eigenvalue weighted by Gasteiger charge is 1.98. The Kier molecular flexibility index (Phi) is 3.77. The van der Waals surface area contributed by atoms with E-state index < -0.39 is 0 Å². The van der Waals surface area contributed by atoms with Gasteiger partial charge in [0.05, 0.1) is 25.7 Å². The highest BCUT2D eigenvalue weighted by Crippen LogP contribution is 2.12. The molecule has 0 spiro atoms. The van der Waals surface area contributed by atoms with E-state index in [4.69, 9.17) is 9.84 Å². The molecule has 0 fully saturated rings. The van der Waals surface area contributed by atoms with E-state index >= 15 is 0 Å². The Balaban J connectivity index is 1.92. The van der Waals surface area contributed by atoms with Gasteiger partial charge in [-0.25, -0.2) is 4.98 Å². The fourth-order valence-electron chi connectivity index (χ4n) is 1.66. The van der Waals surface area contributed by atoms with Crippen molar-refractivity contribution in [2.24, 2.45) is 0 Å². The largest absolute Gasteiger partial charge is 0.497 e. The first-order chi connectivity index (χ1) is 8.31. The number of aryl methyl sites for hydroxylation is 2. The number of hydrogen-bond acceptors (Lipinski definition) is 3. The van der Waals surface area contributed by atoms with E-state index in [0.29, 0.717) is 5.69 Å². The van der Waals surface area contributed by atoms with Crippen LogP contribution in [0.4, 0.5) is 0 Å². The molecule has 0 radical (unpaired) electrons. The summed E-state index contributed by atoms with van der Waals surface area (Å²) in [6.45, 7) is 0.856. The van der Waals surface area contributed by atoms with Gasteiger partial charge in [-0.1, -0.05) is 12.1 Å². The Bertz CT molecular complexity index is 463. The maximum absolute atomic E-state index is 8.90. The predicted molar refractivity (Wildman–Crippen MR) is 64.8 cm³/mol. The number of benzene rings is 1. The van der Waals surface area contributed by atoms with Crippen LogP contribution in [0.25, 0.3) is 0 Å². The fourth-order valence-corrected chi connectivity index (χ4v) is 1.66. The van der Waals surface area contributed by atoms with E-state index in [2.05, 4.69) is 17.1 Å². The van der Waals surface area contributed by atoms with E-state index in [1.54, 1.807) is 13.4 Å². The van der Waals surface area contributed by atoms with E-state index in [0.717, 1.165) is 18.7 Å². The molecule has 1 aromatic heterocycles. The minimum atomic E-state index is -0.00443. The summed E-state index contributed by atoms with van der Waals surface area (Å²) < 4.78 is 7.09. The van der Waals surface area contributed by atoms with Crippen LogP contribution in [0.1, 0.15) is 11.3 Å². The van der Waals surface area contributed by atoms with Gasteiger partial charge in [-0.05, 0) is 24.1 Å². The highest BCUT2D eigenvalue weighted by molar-refractivity contribution is 5.27. The molecule has 1 aromatic carbocycles. The van der Waals surface area contributed by atoms with Gasteiger partial charge < -0.3 is 14.4 Å². The molecular formula is C13H16N2O2. The smallest absolute Gasteiger partial charge is 0.118 e. The van der Waals surface area contributed by atoms with Crippen molar-refractivity contribution in [1.29, 1.82) is 0 Å². The van der Waals surface area contributed by atoms with Gasteiger partial charge in [0.2, 0.25) is 0 Å². The van der Waals surface area contributed by atoms with E-state index in [-0.39, 0.29) is 6.61 Å². The molecule has 0 atom stereocenters. The number of imidazole rings is 1. The van der Waals surface area contributed by atoms with Crippen molar-refractivity contribution >= 4 is 0 Å². The first kappa shape index (κ1) is 11.7. The zero-order valence-corrected chi connectivity index (χ0v) is 9.84. The normalized spacial score (nSPS) is 10.5. The average Bonchev–Trinajstić information content (AvgIpc) is 2.85. The summed E-state index contributed by atoms with van der Waals surface area (Å²) in [4.78, 5) is 4.07. The van der Waals surface area contributed by atoms with Crippen molar-refractivity contribution in [2.75, 3.05) is 7.11 Å². The van der Waals surface area contributed by atoms with Gasteiger partial charge >= 0.3 is 0 Å². The van der Waals surface area contributed by atoms with Gasteiger partial charge in [-0.3, -0.25) is 0 Å². The van der Waals surface area contributed by atoms with E-state index in [1.165, 1.54) is 5.56 Å². The molecular weight excluding hydrogens is 216 g/mol. The lowest BCUT2D eigenvalue weighted by atomic mass is 10.1. The number of methoxy groups -OCH3 is 1. The Morgan fingerprint density at radius 1 is 1.29 bits per heavy atom. The molecule has 2 aromatic rings. The molecule has 0 aliphatic carbocycles. The number of aromatic nitrogens is 2. The van der Waals surface area contributed by atoms with Gasteiger partial charge in [0.1, 0.15) is 5.75 Å². The lowest BCUT2D eigenvalue weighted by Crippen LogP contribution is -1.98. The summed E-state index contributed by atoms with van der Waals surface area (Å²) in [7, 11) is 1.66. The molecule has 0 aliphatic heterocycles. The van der Waals surface area contributed by atoms with Crippen LogP contribution in [-0.2, 0) is 19.6 Å². The van der Waals surface area contributed by atoms with Crippen molar-refractivity contribution in [3.8, 4) is 5.75 Å². The van der Waals surface area contributed by atoms with Gasteiger partial charge in [-0.15, -0.1) is 0 Å². The van der Waals surface area contributed by atoms with Crippen LogP contribution < -0.4 is 4.74 Å². The molecule has 1 heterocycles. The number of rotatable bonds is 5. The first-order valence-corrected chi connectivity index (χ1v) is 5.56. The van der Waals surface area contributed by atoms with Crippen molar-refractivity contribution in [2.45, 2.75) is 19.6 Å². The zero-order valence-electron chi connectivity index (χ0n) is 9.84. The molecule has 4 heteroatoms. The van der Waals surface area contributed by atoms with Crippen LogP contribution in [0.15, 0.2) is 36.8 Å². The molecule has 1 N–H and O–H groups in total. The maximum atomic E-state index is 8.90. The number of nitrogens with zero attached hydrogens (tertiary/aromatic N) is 2. The lowest BCUT2D eigenvalue weighted by Gasteiger charge is -2.04. The Morgan fingerprint density at radius 2 is 2.06 bits per heavy atom. The van der Waals surface area contributed by atoms with Gasteiger partial charge in [0, 0.05) is 12.7 Å². The highest BCUT2D eigenvalue weighted by atomic mass is 16.5. The van der Waals surface area contributed by atoms with Crippen LogP contribution in [0.2, 0.25) is 0 Å². The SMILES string of the molecule is COc1ccc(CCn2cnc(CO)c2)cc1. The Labute approximate surface area is 100 Å². The van der Waals surface area contributed by atoms with Crippen molar-refractivity contribution in [3.63, 3.8) is 0 Å². The molecule has 0 saturated heterocycles. The van der Waals surface area contributed by atoms with Crippen molar-refractivity contribution < 1.29 is 9.84 Å². The molecule has 2 rings (SSSR count). The monoisotopic (exact) mass is 232 g/mol. The second kappa shape index (κ2) is 5.50. The minimum Gasteiger partial charge on any atom is -0.497 e. The third kappa shape index (κ3) is 3.07. The van der Waals surface area contributed by atoms with Gasteiger partial charge in [0.25, 0.3) is 0 Å². The molecule has 90 valence electrons. The van der Waals surface area contributed by atoms with E-state index in [9.17, 15) is 0 Å². The minimum absolute atomic E-state index is 0.00443. The summed E-state index contributed by atoms with van der Waals surface area (Å²) in [6, 6.07) is 8.04. The van der Waals surface area contributed by atoms with Crippen molar-refractivity contribution in [3.05, 3.63) is 48.0 Å². The zero-order chi connectivity index (χ0) is 12.1. The number of hydrogen-bond donors (Lipinski definition) is 1. The summed E-state index contributed by atoms with van der Waals surface area (Å²) in [5.74, 6) is 0.874. The second-order valence-electron chi connectivity index (χ2n) is 3.86. The maximum Gasteiger partial charge on any atom is 0.118 e. The summed E-state index contributed by atoms with van der Waals surface area (Å²) in [6.07, 6.45) is 4.55. The molecule has 0 unspecified atom stereocenters. The molecule has 17 heavy (non-hydrogen) atoms. The molecule has 0 amide bonds. The Hall–Kier alpha value is -1.81. The van der Waals surface area contributed by atoms with Crippen LogP contribution >= 0.6 is 0 Å². The van der Waals surface area contributed by atoms with Crippen LogP contribution in [0, 0.1) is 0 Å². The van der Waals surface area contributed by atoms with Gasteiger partial charge in [0.15, 0.2) is 0 Å². The van der Waals surface area contributed by atoms with Crippen LogP contribution in [0.5, 0.6) is 5.75 Å². The van der Waals surface area contributed by atoms with Gasteiger partial charge in [-0.2, -0.15) is 0 Å².